The Hall–Kier alpha value is -1.64. The Labute approximate surface area is 182 Å². The molecule has 3 saturated heterocycles. The average Bonchev–Trinajstić information content (AvgIpc) is 3.13. The molecular weight excluding hydrogens is 426 g/mol. The lowest BCUT2D eigenvalue weighted by atomic mass is 9.95. The summed E-state index contributed by atoms with van der Waals surface area (Å²) < 4.78 is 23.5. The molecule has 3 heterocycles. The number of piperidine rings is 1. The van der Waals surface area contributed by atoms with Gasteiger partial charge in [0.25, 0.3) is 5.91 Å². The summed E-state index contributed by atoms with van der Waals surface area (Å²) in [4.78, 5) is 31.8. The van der Waals surface area contributed by atoms with Gasteiger partial charge in [0, 0.05) is 55.9 Å². The molecule has 164 valence electrons. The van der Waals surface area contributed by atoms with Crippen LogP contribution in [-0.4, -0.2) is 91.7 Å². The number of nitrogens with zero attached hydrogens (tertiary/aromatic N) is 3. The normalized spacial score (nSPS) is 27.2. The van der Waals surface area contributed by atoms with E-state index in [1.165, 1.54) is 0 Å². The summed E-state index contributed by atoms with van der Waals surface area (Å²) in [6, 6.07) is 6.94. The van der Waals surface area contributed by atoms with E-state index in [1.807, 2.05) is 4.90 Å². The fourth-order valence-electron chi connectivity index (χ4n) is 4.77. The van der Waals surface area contributed by atoms with Crippen molar-refractivity contribution in [2.45, 2.75) is 25.3 Å². The van der Waals surface area contributed by atoms with Crippen molar-refractivity contribution in [1.29, 1.82) is 0 Å². The molecule has 3 aliphatic heterocycles. The van der Waals surface area contributed by atoms with Gasteiger partial charge in [0.15, 0.2) is 9.84 Å². The van der Waals surface area contributed by atoms with E-state index in [-0.39, 0.29) is 35.3 Å². The number of carbonyl (C=O) groups excluding carboxylic acids is 2. The number of likely N-dealkylation sites (tertiary alicyclic amines) is 1. The molecule has 0 spiro atoms. The Kier molecular flexibility index (Phi) is 6.36. The van der Waals surface area contributed by atoms with E-state index in [0.29, 0.717) is 56.3 Å². The number of sulfone groups is 1. The molecule has 2 atom stereocenters. The van der Waals surface area contributed by atoms with E-state index in [1.54, 1.807) is 29.2 Å². The quantitative estimate of drug-likeness (QED) is 0.693. The van der Waals surface area contributed by atoms with Crippen LogP contribution in [0.4, 0.5) is 0 Å². The second-order valence-electron chi connectivity index (χ2n) is 8.52. The van der Waals surface area contributed by atoms with Crippen LogP contribution in [0.1, 0.15) is 29.6 Å². The van der Waals surface area contributed by atoms with Gasteiger partial charge < -0.3 is 9.80 Å². The lowest BCUT2D eigenvalue weighted by Crippen LogP contribution is -2.55. The summed E-state index contributed by atoms with van der Waals surface area (Å²) in [5, 5.41) is 0.590. The van der Waals surface area contributed by atoms with E-state index in [2.05, 4.69) is 4.90 Å². The smallest absolute Gasteiger partial charge is 0.253 e. The molecule has 0 N–H and O–H groups in total. The average molecular weight is 454 g/mol. The van der Waals surface area contributed by atoms with Crippen LogP contribution in [0.25, 0.3) is 0 Å². The number of piperazine rings is 1. The van der Waals surface area contributed by atoms with Crippen LogP contribution in [0.3, 0.4) is 0 Å². The molecule has 0 bridgehead atoms. The van der Waals surface area contributed by atoms with E-state index in [9.17, 15) is 18.0 Å². The van der Waals surface area contributed by atoms with Crippen molar-refractivity contribution in [3.05, 3.63) is 34.9 Å². The molecule has 30 heavy (non-hydrogen) atoms. The van der Waals surface area contributed by atoms with Gasteiger partial charge in [-0.2, -0.15) is 0 Å². The molecule has 3 fully saturated rings. The topological polar surface area (TPSA) is 78.0 Å². The number of halogens is 1. The van der Waals surface area contributed by atoms with Crippen LogP contribution in [0.5, 0.6) is 0 Å². The lowest BCUT2D eigenvalue weighted by Gasteiger charge is -2.40. The van der Waals surface area contributed by atoms with Gasteiger partial charge in [-0.3, -0.25) is 14.5 Å². The van der Waals surface area contributed by atoms with E-state index in [0.717, 1.165) is 12.8 Å². The Bertz CT molecular complexity index is 897. The fraction of sp³-hybridized carbons (Fsp3) is 0.619. The van der Waals surface area contributed by atoms with Gasteiger partial charge in [-0.05, 0) is 43.5 Å². The largest absolute Gasteiger partial charge is 0.340 e. The SMILES string of the molecule is O=C(c1ccc(Cl)cc1)N1CCCC(C(=O)N2CCN(C3CCS(=O)(=O)C3)CC2)C1. The molecule has 0 radical (unpaired) electrons. The van der Waals surface area contributed by atoms with E-state index < -0.39 is 9.84 Å². The van der Waals surface area contributed by atoms with E-state index in [4.69, 9.17) is 11.6 Å². The third-order valence-corrected chi connectivity index (χ3v) is 8.50. The molecule has 0 aliphatic carbocycles. The maximum atomic E-state index is 13.1. The monoisotopic (exact) mass is 453 g/mol. The highest BCUT2D eigenvalue weighted by Crippen LogP contribution is 2.24. The summed E-state index contributed by atoms with van der Waals surface area (Å²) in [6.45, 7) is 3.78. The first kappa shape index (κ1) is 21.6. The highest BCUT2D eigenvalue weighted by atomic mass is 35.5. The van der Waals surface area contributed by atoms with Crippen molar-refractivity contribution < 1.29 is 18.0 Å². The highest BCUT2D eigenvalue weighted by Gasteiger charge is 2.36. The number of hydrogen-bond acceptors (Lipinski definition) is 5. The summed E-state index contributed by atoms with van der Waals surface area (Å²) in [7, 11) is -2.90. The van der Waals surface area contributed by atoms with Gasteiger partial charge in [0.05, 0.1) is 17.4 Å². The molecule has 1 aromatic carbocycles. The maximum absolute atomic E-state index is 13.1. The summed E-state index contributed by atoms with van der Waals surface area (Å²) >= 11 is 5.91. The van der Waals surface area contributed by atoms with Gasteiger partial charge in [-0.15, -0.1) is 0 Å². The zero-order chi connectivity index (χ0) is 21.3. The fourth-order valence-corrected chi connectivity index (χ4v) is 6.65. The number of benzene rings is 1. The second kappa shape index (κ2) is 8.85. The number of hydrogen-bond donors (Lipinski definition) is 0. The van der Waals surface area contributed by atoms with Crippen molar-refractivity contribution in [3.63, 3.8) is 0 Å². The zero-order valence-corrected chi connectivity index (χ0v) is 18.6. The van der Waals surface area contributed by atoms with E-state index >= 15 is 0 Å². The molecular formula is C21H28ClN3O4S. The molecule has 9 heteroatoms. The minimum atomic E-state index is -2.90. The van der Waals surface area contributed by atoms with Crippen LogP contribution in [0.15, 0.2) is 24.3 Å². The predicted octanol–water partition coefficient (Wildman–Crippen LogP) is 1.52. The van der Waals surface area contributed by atoms with Gasteiger partial charge >= 0.3 is 0 Å². The minimum absolute atomic E-state index is 0.0589. The third kappa shape index (κ3) is 4.81. The first-order valence-electron chi connectivity index (χ1n) is 10.6. The minimum Gasteiger partial charge on any atom is -0.340 e. The van der Waals surface area contributed by atoms with Crippen LogP contribution in [-0.2, 0) is 14.6 Å². The van der Waals surface area contributed by atoms with Crippen molar-refractivity contribution in [3.8, 4) is 0 Å². The summed E-state index contributed by atoms with van der Waals surface area (Å²) in [5.74, 6) is 0.397. The summed E-state index contributed by atoms with van der Waals surface area (Å²) in [6.07, 6.45) is 2.31. The third-order valence-electron chi connectivity index (χ3n) is 6.50. The maximum Gasteiger partial charge on any atom is 0.253 e. The molecule has 3 aliphatic rings. The van der Waals surface area contributed by atoms with Crippen LogP contribution in [0.2, 0.25) is 5.02 Å². The highest BCUT2D eigenvalue weighted by molar-refractivity contribution is 7.91. The molecule has 1 aromatic rings. The molecule has 2 unspecified atom stereocenters. The number of amides is 2. The first-order valence-corrected chi connectivity index (χ1v) is 12.8. The molecule has 7 nitrogen and oxygen atoms in total. The van der Waals surface area contributed by atoms with Gasteiger partial charge in [-0.25, -0.2) is 8.42 Å². The Morgan fingerprint density at radius 3 is 2.27 bits per heavy atom. The van der Waals surface area contributed by atoms with Crippen molar-refractivity contribution in [1.82, 2.24) is 14.7 Å². The molecule has 4 rings (SSSR count). The van der Waals surface area contributed by atoms with Crippen molar-refractivity contribution in [2.75, 3.05) is 50.8 Å². The Balaban J connectivity index is 1.31. The predicted molar refractivity (Wildman–Crippen MR) is 115 cm³/mol. The second-order valence-corrected chi connectivity index (χ2v) is 11.2. The number of rotatable bonds is 3. The van der Waals surface area contributed by atoms with Crippen molar-refractivity contribution in [2.24, 2.45) is 5.92 Å². The van der Waals surface area contributed by atoms with Crippen molar-refractivity contribution >= 4 is 33.3 Å². The van der Waals surface area contributed by atoms with Crippen LogP contribution in [0, 0.1) is 5.92 Å². The lowest BCUT2D eigenvalue weighted by molar-refractivity contribution is -0.139. The molecule has 0 saturated carbocycles. The Morgan fingerprint density at radius 2 is 1.63 bits per heavy atom. The molecule has 2 amide bonds. The van der Waals surface area contributed by atoms with Gasteiger partial charge in [0.2, 0.25) is 5.91 Å². The van der Waals surface area contributed by atoms with Gasteiger partial charge in [-0.1, -0.05) is 11.6 Å². The number of carbonyl (C=O) groups is 2. The van der Waals surface area contributed by atoms with Crippen LogP contribution >= 0.6 is 11.6 Å². The summed E-state index contributed by atoms with van der Waals surface area (Å²) in [5.41, 5.74) is 0.590. The van der Waals surface area contributed by atoms with Crippen LogP contribution < -0.4 is 0 Å². The first-order chi connectivity index (χ1) is 14.3. The standard InChI is InChI=1S/C21H28ClN3O4S/c22-18-5-3-16(4-6-18)20(26)25-8-1-2-17(14-25)21(27)24-11-9-23(10-12-24)19-7-13-30(28,29)15-19/h3-6,17,19H,1-2,7-15H2. The zero-order valence-electron chi connectivity index (χ0n) is 17.0. The Morgan fingerprint density at radius 1 is 0.933 bits per heavy atom. The van der Waals surface area contributed by atoms with Gasteiger partial charge in [0.1, 0.15) is 0 Å². The molecule has 0 aromatic heterocycles.